The van der Waals surface area contributed by atoms with Crippen LogP contribution in [-0.2, 0) is 4.79 Å². The number of benzene rings is 2. The van der Waals surface area contributed by atoms with Gasteiger partial charge in [0.05, 0.1) is 27.5 Å². The molecule has 29 heavy (non-hydrogen) atoms. The van der Waals surface area contributed by atoms with Crippen LogP contribution in [0.2, 0.25) is 0 Å². The zero-order chi connectivity index (χ0) is 21.3. The molecule has 0 aliphatic carbocycles. The van der Waals surface area contributed by atoms with Crippen LogP contribution in [0.5, 0.6) is 0 Å². The Labute approximate surface area is 166 Å². The second-order valence-electron chi connectivity index (χ2n) is 6.61. The highest BCUT2D eigenvalue weighted by molar-refractivity contribution is 6.32. The van der Waals surface area contributed by atoms with Crippen molar-refractivity contribution in [2.45, 2.75) is 6.92 Å². The second-order valence-corrected chi connectivity index (χ2v) is 6.61. The van der Waals surface area contributed by atoms with E-state index in [4.69, 9.17) is 5.11 Å². The van der Waals surface area contributed by atoms with Crippen LogP contribution >= 0.6 is 0 Å². The van der Waals surface area contributed by atoms with E-state index in [0.29, 0.717) is 22.6 Å². The Morgan fingerprint density at radius 3 is 2.59 bits per heavy atom. The van der Waals surface area contributed by atoms with Crippen LogP contribution in [0.1, 0.15) is 22.8 Å². The van der Waals surface area contributed by atoms with E-state index in [1.807, 2.05) is 0 Å². The quantitative estimate of drug-likeness (QED) is 0.473. The smallest absolute Gasteiger partial charge is 0.335 e. The van der Waals surface area contributed by atoms with Gasteiger partial charge in [0.2, 0.25) is 0 Å². The second kappa shape index (κ2) is 7.55. The Bertz CT molecular complexity index is 1090. The van der Waals surface area contributed by atoms with E-state index in [2.05, 4.69) is 5.10 Å². The molecule has 1 aliphatic heterocycles. The van der Waals surface area contributed by atoms with Gasteiger partial charge in [-0.15, -0.1) is 0 Å². The molecule has 1 heterocycles. The lowest BCUT2D eigenvalue weighted by molar-refractivity contribution is -0.384. The first-order chi connectivity index (χ1) is 13.7. The molecule has 9 nitrogen and oxygen atoms in total. The van der Waals surface area contributed by atoms with E-state index in [1.165, 1.54) is 30.3 Å². The standard InChI is InChI=1S/C20H18N4O5/c1-12-17(11-14-10-16(24(28)29)7-8-18(14)22(2)3)19(25)23(21-12)15-6-4-5-13(9-15)20(26)27/h4-11H,1-3H3,(H,26,27)/b17-11-. The highest BCUT2D eigenvalue weighted by Gasteiger charge is 2.29. The molecule has 0 saturated heterocycles. The number of non-ortho nitro benzene ring substituents is 1. The van der Waals surface area contributed by atoms with Crippen LogP contribution in [0.4, 0.5) is 17.1 Å². The van der Waals surface area contributed by atoms with Crippen LogP contribution < -0.4 is 9.91 Å². The first-order valence-electron chi connectivity index (χ1n) is 8.60. The fourth-order valence-electron chi connectivity index (χ4n) is 2.96. The van der Waals surface area contributed by atoms with Crippen molar-refractivity contribution in [3.05, 3.63) is 69.3 Å². The van der Waals surface area contributed by atoms with E-state index in [-0.39, 0.29) is 16.8 Å². The number of carboxylic acid groups (broad SMARTS) is 1. The minimum Gasteiger partial charge on any atom is -0.478 e. The van der Waals surface area contributed by atoms with E-state index in [1.54, 1.807) is 44.1 Å². The number of anilines is 2. The molecule has 2 aromatic rings. The lowest BCUT2D eigenvalue weighted by Crippen LogP contribution is -2.21. The monoisotopic (exact) mass is 394 g/mol. The summed E-state index contributed by atoms with van der Waals surface area (Å²) in [5, 5.41) is 25.7. The average Bonchev–Trinajstić information content (AvgIpc) is 2.96. The molecule has 0 aromatic heterocycles. The Hall–Kier alpha value is -4.01. The summed E-state index contributed by atoms with van der Waals surface area (Å²) in [4.78, 5) is 36.6. The molecular formula is C20H18N4O5. The summed E-state index contributed by atoms with van der Waals surface area (Å²) >= 11 is 0. The van der Waals surface area contributed by atoms with Crippen LogP contribution in [0.25, 0.3) is 6.08 Å². The van der Waals surface area contributed by atoms with Crippen molar-refractivity contribution in [3.8, 4) is 0 Å². The van der Waals surface area contributed by atoms with Crippen molar-refractivity contribution < 1.29 is 19.6 Å². The van der Waals surface area contributed by atoms with Gasteiger partial charge in [-0.1, -0.05) is 6.07 Å². The zero-order valence-corrected chi connectivity index (χ0v) is 16.0. The third kappa shape index (κ3) is 3.84. The number of carbonyl (C=O) groups excluding carboxylic acids is 1. The average molecular weight is 394 g/mol. The predicted octanol–water partition coefficient (Wildman–Crippen LogP) is 3.17. The van der Waals surface area contributed by atoms with Gasteiger partial charge in [-0.2, -0.15) is 10.1 Å². The normalized spacial score (nSPS) is 14.9. The van der Waals surface area contributed by atoms with E-state index < -0.39 is 16.8 Å². The number of nitro groups is 1. The number of carboxylic acids is 1. The van der Waals surface area contributed by atoms with Crippen LogP contribution in [-0.4, -0.2) is 41.7 Å². The van der Waals surface area contributed by atoms with Crippen molar-refractivity contribution in [1.29, 1.82) is 0 Å². The Balaban J connectivity index is 2.04. The summed E-state index contributed by atoms with van der Waals surface area (Å²) in [6.45, 7) is 1.65. The number of carbonyl (C=O) groups is 2. The number of amides is 1. The molecule has 1 N–H and O–H groups in total. The molecule has 0 atom stereocenters. The van der Waals surface area contributed by atoms with Crippen molar-refractivity contribution >= 4 is 40.7 Å². The number of hydrogen-bond acceptors (Lipinski definition) is 6. The van der Waals surface area contributed by atoms with Crippen molar-refractivity contribution in [2.24, 2.45) is 5.10 Å². The summed E-state index contributed by atoms with van der Waals surface area (Å²) in [6, 6.07) is 10.3. The number of aromatic carboxylic acids is 1. The zero-order valence-electron chi connectivity index (χ0n) is 16.0. The fraction of sp³-hybridized carbons (Fsp3) is 0.150. The van der Waals surface area contributed by atoms with Crippen LogP contribution in [0, 0.1) is 10.1 Å². The van der Waals surface area contributed by atoms with Gasteiger partial charge in [0.1, 0.15) is 0 Å². The van der Waals surface area contributed by atoms with E-state index >= 15 is 0 Å². The van der Waals surface area contributed by atoms with Gasteiger partial charge < -0.3 is 10.0 Å². The minimum absolute atomic E-state index is 0.0363. The van der Waals surface area contributed by atoms with Crippen LogP contribution in [0.15, 0.2) is 53.1 Å². The van der Waals surface area contributed by atoms with Gasteiger partial charge in [0.25, 0.3) is 11.6 Å². The Morgan fingerprint density at radius 2 is 1.97 bits per heavy atom. The van der Waals surface area contributed by atoms with Crippen molar-refractivity contribution in [1.82, 2.24) is 0 Å². The molecule has 3 rings (SSSR count). The molecule has 0 spiro atoms. The maximum atomic E-state index is 12.9. The maximum Gasteiger partial charge on any atom is 0.335 e. The van der Waals surface area contributed by atoms with Gasteiger partial charge >= 0.3 is 5.97 Å². The van der Waals surface area contributed by atoms with Gasteiger partial charge in [-0.25, -0.2) is 4.79 Å². The Kier molecular flexibility index (Phi) is 5.14. The first-order valence-corrected chi connectivity index (χ1v) is 8.60. The first kappa shape index (κ1) is 19.7. The summed E-state index contributed by atoms with van der Waals surface area (Å²) < 4.78 is 0. The SMILES string of the molecule is CC1=NN(c2cccc(C(=O)O)c2)C(=O)/C1=C\c1cc([N+](=O)[O-])ccc1N(C)C. The highest BCUT2D eigenvalue weighted by Crippen LogP contribution is 2.30. The molecule has 0 radical (unpaired) electrons. The molecule has 0 unspecified atom stereocenters. The molecule has 0 saturated carbocycles. The maximum absolute atomic E-state index is 12.9. The molecule has 148 valence electrons. The summed E-state index contributed by atoms with van der Waals surface area (Å²) in [5.41, 5.74) is 2.17. The molecule has 0 fully saturated rings. The Morgan fingerprint density at radius 1 is 1.24 bits per heavy atom. The molecule has 1 amide bonds. The predicted molar refractivity (Wildman–Crippen MR) is 109 cm³/mol. The minimum atomic E-state index is -1.11. The topological polar surface area (TPSA) is 116 Å². The number of nitro benzene ring substituents is 1. The number of hydrogen-bond donors (Lipinski definition) is 1. The molecule has 0 bridgehead atoms. The lowest BCUT2D eigenvalue weighted by Gasteiger charge is -2.16. The number of hydrazone groups is 1. The molecule has 9 heteroatoms. The van der Waals surface area contributed by atoms with Gasteiger partial charge in [-0.05, 0) is 37.3 Å². The lowest BCUT2D eigenvalue weighted by atomic mass is 10.0. The summed E-state index contributed by atoms with van der Waals surface area (Å²) in [7, 11) is 3.59. The fourth-order valence-corrected chi connectivity index (χ4v) is 2.96. The molecule has 1 aliphatic rings. The molecule has 2 aromatic carbocycles. The third-order valence-electron chi connectivity index (χ3n) is 4.40. The van der Waals surface area contributed by atoms with Gasteiger partial charge in [-0.3, -0.25) is 14.9 Å². The van der Waals surface area contributed by atoms with E-state index in [9.17, 15) is 19.7 Å². The molecular weight excluding hydrogens is 376 g/mol. The largest absolute Gasteiger partial charge is 0.478 e. The summed E-state index contributed by atoms with van der Waals surface area (Å²) in [6.07, 6.45) is 1.56. The van der Waals surface area contributed by atoms with Gasteiger partial charge in [0, 0.05) is 37.5 Å². The van der Waals surface area contributed by atoms with Crippen LogP contribution in [0.3, 0.4) is 0 Å². The van der Waals surface area contributed by atoms with Crippen molar-refractivity contribution in [3.63, 3.8) is 0 Å². The number of nitrogens with zero attached hydrogens (tertiary/aromatic N) is 4. The highest BCUT2D eigenvalue weighted by atomic mass is 16.6. The summed E-state index contributed by atoms with van der Waals surface area (Å²) in [5.74, 6) is -1.55. The van der Waals surface area contributed by atoms with E-state index in [0.717, 1.165) is 5.01 Å². The third-order valence-corrected chi connectivity index (χ3v) is 4.40. The number of rotatable bonds is 5. The van der Waals surface area contributed by atoms with Crippen molar-refractivity contribution in [2.75, 3.05) is 24.0 Å². The van der Waals surface area contributed by atoms with Gasteiger partial charge in [0.15, 0.2) is 0 Å².